The van der Waals surface area contributed by atoms with E-state index >= 15 is 0 Å². The lowest BCUT2D eigenvalue weighted by Gasteiger charge is -2.13. The van der Waals surface area contributed by atoms with E-state index in [1.807, 2.05) is 24.3 Å². The zero-order valence-electron chi connectivity index (χ0n) is 17.7. The predicted octanol–water partition coefficient (Wildman–Crippen LogP) is 5.75. The van der Waals surface area contributed by atoms with Crippen molar-refractivity contribution in [1.29, 1.82) is 0 Å². The molecule has 0 fully saturated rings. The summed E-state index contributed by atoms with van der Waals surface area (Å²) in [4.78, 5) is 12.1. The second-order valence-electron chi connectivity index (χ2n) is 7.37. The maximum absolute atomic E-state index is 12.1. The van der Waals surface area contributed by atoms with Gasteiger partial charge in [-0.3, -0.25) is 4.79 Å². The quantitative estimate of drug-likeness (QED) is 0.376. The van der Waals surface area contributed by atoms with Crippen LogP contribution in [-0.4, -0.2) is 22.4 Å². The molecule has 2 aromatic carbocycles. The minimum absolute atomic E-state index is 0.124. The number of aryl methyl sites for hydroxylation is 3. The standard InChI is InChI=1S/C24H26ClN3OS/c1-16-8-9-23(17(2)10-16)28-18(3)11-21(19(28)4)13-26-27-24(29)15-30-14-20-6-5-7-22(25)12-20/h5-13H,14-15H2,1-4H3,(H,27,29). The van der Waals surface area contributed by atoms with Crippen LogP contribution in [0.2, 0.25) is 5.02 Å². The first-order chi connectivity index (χ1) is 14.3. The molecule has 0 aliphatic heterocycles. The van der Waals surface area contributed by atoms with Crippen LogP contribution in [0.25, 0.3) is 5.69 Å². The third-order valence-electron chi connectivity index (χ3n) is 4.85. The Bertz CT molecular complexity index is 1090. The van der Waals surface area contributed by atoms with Gasteiger partial charge in [0.25, 0.3) is 0 Å². The summed E-state index contributed by atoms with van der Waals surface area (Å²) in [5.41, 5.74) is 10.6. The van der Waals surface area contributed by atoms with Crippen molar-refractivity contribution in [3.63, 3.8) is 0 Å². The second kappa shape index (κ2) is 10.0. The lowest BCUT2D eigenvalue weighted by Crippen LogP contribution is -2.19. The molecule has 1 aromatic heterocycles. The fourth-order valence-corrected chi connectivity index (χ4v) is 4.42. The molecular formula is C24H26ClN3OS. The van der Waals surface area contributed by atoms with Crippen molar-refractivity contribution in [2.24, 2.45) is 5.10 Å². The minimum Gasteiger partial charge on any atom is -0.318 e. The molecule has 0 unspecified atom stereocenters. The minimum atomic E-state index is -0.124. The average molecular weight is 440 g/mol. The normalized spacial score (nSPS) is 11.2. The van der Waals surface area contributed by atoms with E-state index in [2.05, 4.69) is 67.1 Å². The zero-order valence-corrected chi connectivity index (χ0v) is 19.3. The number of hydrazone groups is 1. The zero-order chi connectivity index (χ0) is 21.7. The first-order valence-corrected chi connectivity index (χ1v) is 11.3. The molecule has 3 aromatic rings. The van der Waals surface area contributed by atoms with E-state index in [4.69, 9.17) is 11.6 Å². The van der Waals surface area contributed by atoms with Gasteiger partial charge in [-0.15, -0.1) is 11.8 Å². The largest absolute Gasteiger partial charge is 0.318 e. The number of halogens is 1. The molecule has 4 nitrogen and oxygen atoms in total. The fourth-order valence-electron chi connectivity index (χ4n) is 3.44. The Balaban J connectivity index is 1.59. The van der Waals surface area contributed by atoms with Crippen molar-refractivity contribution >= 4 is 35.5 Å². The van der Waals surface area contributed by atoms with Crippen LogP contribution in [-0.2, 0) is 10.5 Å². The van der Waals surface area contributed by atoms with E-state index in [0.717, 1.165) is 34.0 Å². The Hall–Kier alpha value is -2.50. The molecule has 6 heteroatoms. The van der Waals surface area contributed by atoms with Crippen molar-refractivity contribution in [2.45, 2.75) is 33.4 Å². The molecule has 0 saturated heterocycles. The molecule has 0 spiro atoms. The van der Waals surface area contributed by atoms with E-state index in [1.165, 1.54) is 22.9 Å². The number of aromatic nitrogens is 1. The summed E-state index contributed by atoms with van der Waals surface area (Å²) < 4.78 is 2.22. The van der Waals surface area contributed by atoms with Crippen LogP contribution in [0.15, 0.2) is 53.6 Å². The van der Waals surface area contributed by atoms with Gasteiger partial charge in [0.1, 0.15) is 0 Å². The summed E-state index contributed by atoms with van der Waals surface area (Å²) in [6.45, 7) is 8.36. The van der Waals surface area contributed by atoms with E-state index in [9.17, 15) is 4.79 Å². The van der Waals surface area contributed by atoms with E-state index in [0.29, 0.717) is 10.8 Å². The highest BCUT2D eigenvalue weighted by molar-refractivity contribution is 7.99. The van der Waals surface area contributed by atoms with E-state index < -0.39 is 0 Å². The van der Waals surface area contributed by atoms with Crippen molar-refractivity contribution in [3.8, 4) is 5.69 Å². The van der Waals surface area contributed by atoms with Crippen molar-refractivity contribution < 1.29 is 4.79 Å². The van der Waals surface area contributed by atoms with Gasteiger partial charge < -0.3 is 4.57 Å². The van der Waals surface area contributed by atoms with Crippen LogP contribution in [0.5, 0.6) is 0 Å². The Morgan fingerprint density at radius 3 is 2.67 bits per heavy atom. The smallest absolute Gasteiger partial charge is 0.250 e. The summed E-state index contributed by atoms with van der Waals surface area (Å²) in [7, 11) is 0. The topological polar surface area (TPSA) is 46.4 Å². The number of benzene rings is 2. The lowest BCUT2D eigenvalue weighted by atomic mass is 10.1. The van der Waals surface area contributed by atoms with Crippen LogP contribution < -0.4 is 5.43 Å². The average Bonchev–Trinajstić information content (AvgIpc) is 2.96. The summed E-state index contributed by atoms with van der Waals surface area (Å²) in [5.74, 6) is 0.946. The summed E-state index contributed by atoms with van der Waals surface area (Å²) in [6.07, 6.45) is 1.71. The number of nitrogens with zero attached hydrogens (tertiary/aromatic N) is 2. The highest BCUT2D eigenvalue weighted by Crippen LogP contribution is 2.23. The number of hydrogen-bond donors (Lipinski definition) is 1. The number of thioether (sulfide) groups is 1. The SMILES string of the molecule is Cc1ccc(-n2c(C)cc(C=NNC(=O)CSCc3cccc(Cl)c3)c2C)c(C)c1. The predicted molar refractivity (Wildman–Crippen MR) is 128 cm³/mol. The molecule has 0 bridgehead atoms. The highest BCUT2D eigenvalue weighted by atomic mass is 35.5. The van der Waals surface area contributed by atoms with Crippen LogP contribution in [0.3, 0.4) is 0 Å². The Morgan fingerprint density at radius 1 is 1.13 bits per heavy atom. The molecule has 0 aliphatic rings. The highest BCUT2D eigenvalue weighted by Gasteiger charge is 2.11. The van der Waals surface area contributed by atoms with Crippen LogP contribution in [0.4, 0.5) is 0 Å². The first-order valence-electron chi connectivity index (χ1n) is 9.76. The van der Waals surface area contributed by atoms with Gasteiger partial charge in [-0.05, 0) is 63.1 Å². The lowest BCUT2D eigenvalue weighted by molar-refractivity contribution is -0.118. The Labute approximate surface area is 187 Å². The summed E-state index contributed by atoms with van der Waals surface area (Å²) in [6, 6.07) is 16.2. The number of hydrogen-bond acceptors (Lipinski definition) is 3. The monoisotopic (exact) mass is 439 g/mol. The molecule has 0 atom stereocenters. The molecule has 156 valence electrons. The van der Waals surface area contributed by atoms with Gasteiger partial charge in [-0.2, -0.15) is 5.10 Å². The number of nitrogens with one attached hydrogen (secondary N) is 1. The number of amides is 1. The molecule has 0 radical (unpaired) electrons. The van der Waals surface area contributed by atoms with Crippen LogP contribution in [0.1, 0.15) is 33.6 Å². The van der Waals surface area contributed by atoms with Gasteiger partial charge in [0, 0.05) is 33.4 Å². The molecule has 30 heavy (non-hydrogen) atoms. The molecule has 1 heterocycles. The van der Waals surface area contributed by atoms with Gasteiger partial charge >= 0.3 is 0 Å². The van der Waals surface area contributed by atoms with E-state index in [-0.39, 0.29) is 5.91 Å². The fraction of sp³-hybridized carbons (Fsp3) is 0.250. The third kappa shape index (κ3) is 5.55. The Kier molecular flexibility index (Phi) is 7.40. The van der Waals surface area contributed by atoms with Gasteiger partial charge in [0.15, 0.2) is 0 Å². The summed E-state index contributed by atoms with van der Waals surface area (Å²) >= 11 is 7.51. The Morgan fingerprint density at radius 2 is 1.93 bits per heavy atom. The van der Waals surface area contributed by atoms with E-state index in [1.54, 1.807) is 6.21 Å². The molecule has 0 aliphatic carbocycles. The number of carbonyl (C=O) groups excluding carboxylic acids is 1. The first kappa shape index (κ1) is 22.2. The van der Waals surface area contributed by atoms with Crippen molar-refractivity contribution in [3.05, 3.63) is 87.2 Å². The van der Waals surface area contributed by atoms with Crippen molar-refractivity contribution in [1.82, 2.24) is 9.99 Å². The van der Waals surface area contributed by atoms with Gasteiger partial charge in [0.2, 0.25) is 5.91 Å². The molecule has 3 rings (SSSR count). The van der Waals surface area contributed by atoms with Crippen LogP contribution >= 0.6 is 23.4 Å². The van der Waals surface area contributed by atoms with Crippen molar-refractivity contribution in [2.75, 3.05) is 5.75 Å². The maximum atomic E-state index is 12.1. The molecule has 0 saturated carbocycles. The maximum Gasteiger partial charge on any atom is 0.250 e. The van der Waals surface area contributed by atoms with Gasteiger partial charge in [0.05, 0.1) is 12.0 Å². The summed E-state index contributed by atoms with van der Waals surface area (Å²) in [5, 5.41) is 4.86. The van der Waals surface area contributed by atoms with Gasteiger partial charge in [-0.25, -0.2) is 5.43 Å². The molecule has 1 N–H and O–H groups in total. The van der Waals surface area contributed by atoms with Gasteiger partial charge in [-0.1, -0.05) is 41.4 Å². The second-order valence-corrected chi connectivity index (χ2v) is 8.79. The van der Waals surface area contributed by atoms with Crippen LogP contribution in [0, 0.1) is 27.7 Å². The molecule has 1 amide bonds. The number of rotatable bonds is 7. The number of carbonyl (C=O) groups is 1. The third-order valence-corrected chi connectivity index (χ3v) is 6.09. The molecular weight excluding hydrogens is 414 g/mol.